The highest BCUT2D eigenvalue weighted by Gasteiger charge is 2.24. The maximum absolute atomic E-state index is 12.8. The van der Waals surface area contributed by atoms with Crippen LogP contribution in [0.4, 0.5) is 10.4 Å². The Morgan fingerprint density at radius 2 is 2.62 bits per heavy atom. The number of anilines is 1. The molecule has 72 valence electrons. The van der Waals surface area contributed by atoms with Crippen LogP contribution in [-0.2, 0) is 6.42 Å². The van der Waals surface area contributed by atoms with Crippen molar-refractivity contribution in [2.45, 2.75) is 25.9 Å². The molecule has 1 aromatic rings. The molecule has 1 aliphatic rings. The molecule has 0 radical (unpaired) electrons. The van der Waals surface area contributed by atoms with Crippen LogP contribution >= 0.6 is 0 Å². The lowest BCUT2D eigenvalue weighted by atomic mass is 10.3. The third kappa shape index (κ3) is 1.66. The van der Waals surface area contributed by atoms with Gasteiger partial charge in [-0.25, -0.2) is 4.39 Å². The molecular formula is C9H13FN2O. The molecule has 1 aliphatic heterocycles. The Morgan fingerprint density at radius 1 is 1.77 bits per heavy atom. The van der Waals surface area contributed by atoms with Crippen LogP contribution in [0.1, 0.15) is 19.0 Å². The van der Waals surface area contributed by atoms with Crippen molar-refractivity contribution in [1.29, 1.82) is 0 Å². The van der Waals surface area contributed by atoms with Crippen LogP contribution in [-0.4, -0.2) is 24.2 Å². The molecule has 1 aromatic heterocycles. The van der Waals surface area contributed by atoms with Crippen LogP contribution in [0.25, 0.3) is 0 Å². The molecule has 0 unspecified atom stereocenters. The smallest absolute Gasteiger partial charge is 0.297 e. The number of rotatable bonds is 2. The van der Waals surface area contributed by atoms with Gasteiger partial charge in [-0.15, -0.1) is 0 Å². The Kier molecular flexibility index (Phi) is 2.20. The van der Waals surface area contributed by atoms with Gasteiger partial charge in [0, 0.05) is 6.54 Å². The lowest BCUT2D eigenvalue weighted by molar-refractivity contribution is 0.363. The Morgan fingerprint density at radius 3 is 3.15 bits per heavy atom. The van der Waals surface area contributed by atoms with E-state index in [2.05, 4.69) is 4.98 Å². The Bertz CT molecular complexity index is 287. The summed E-state index contributed by atoms with van der Waals surface area (Å²) in [4.78, 5) is 6.09. The van der Waals surface area contributed by atoms with Gasteiger partial charge in [0.1, 0.15) is 12.4 Å². The Hall–Kier alpha value is -1.06. The van der Waals surface area contributed by atoms with Gasteiger partial charge in [-0.3, -0.25) is 0 Å². The van der Waals surface area contributed by atoms with Gasteiger partial charge in [-0.2, -0.15) is 4.98 Å². The van der Waals surface area contributed by atoms with Crippen LogP contribution < -0.4 is 4.90 Å². The average Bonchev–Trinajstić information content (AvgIpc) is 2.71. The van der Waals surface area contributed by atoms with Crippen LogP contribution in [0.15, 0.2) is 10.7 Å². The minimum absolute atomic E-state index is 0.420. The second-order valence-electron chi connectivity index (χ2n) is 3.31. The molecule has 13 heavy (non-hydrogen) atoms. The number of nitrogens with zero attached hydrogens (tertiary/aromatic N) is 2. The van der Waals surface area contributed by atoms with Crippen molar-refractivity contribution in [2.75, 3.05) is 18.0 Å². The molecule has 0 amide bonds. The lowest BCUT2D eigenvalue weighted by Gasteiger charge is -2.10. The maximum Gasteiger partial charge on any atom is 0.297 e. The molecule has 3 nitrogen and oxygen atoms in total. The van der Waals surface area contributed by atoms with E-state index in [1.165, 1.54) is 0 Å². The monoisotopic (exact) mass is 184 g/mol. The minimum atomic E-state index is -0.725. The molecule has 0 aliphatic carbocycles. The maximum atomic E-state index is 12.8. The van der Waals surface area contributed by atoms with Gasteiger partial charge in [-0.1, -0.05) is 6.92 Å². The van der Waals surface area contributed by atoms with E-state index < -0.39 is 6.17 Å². The van der Waals surface area contributed by atoms with Gasteiger partial charge in [0.2, 0.25) is 0 Å². The van der Waals surface area contributed by atoms with Crippen molar-refractivity contribution in [3.8, 4) is 0 Å². The molecule has 1 atom stereocenters. The van der Waals surface area contributed by atoms with E-state index in [1.807, 2.05) is 11.8 Å². The standard InChI is InChI=1S/C9H13FN2O/c1-2-8-6-13-9(11-8)12-4-3-7(10)5-12/h6-7H,2-5H2,1H3/t7-/m1/s1. The average molecular weight is 184 g/mol. The summed E-state index contributed by atoms with van der Waals surface area (Å²) in [6.07, 6.45) is 2.36. The van der Waals surface area contributed by atoms with Crippen LogP contribution in [0.5, 0.6) is 0 Å². The number of halogens is 1. The van der Waals surface area contributed by atoms with Gasteiger partial charge in [0.15, 0.2) is 0 Å². The van der Waals surface area contributed by atoms with E-state index in [1.54, 1.807) is 6.26 Å². The van der Waals surface area contributed by atoms with Gasteiger partial charge >= 0.3 is 0 Å². The molecule has 0 N–H and O–H groups in total. The van der Waals surface area contributed by atoms with E-state index in [4.69, 9.17) is 4.42 Å². The van der Waals surface area contributed by atoms with E-state index >= 15 is 0 Å². The Balaban J connectivity index is 2.08. The van der Waals surface area contributed by atoms with Gasteiger partial charge in [-0.05, 0) is 12.8 Å². The number of aryl methyl sites for hydroxylation is 1. The van der Waals surface area contributed by atoms with Crippen LogP contribution in [0.2, 0.25) is 0 Å². The molecule has 0 spiro atoms. The van der Waals surface area contributed by atoms with E-state index in [-0.39, 0.29) is 0 Å². The zero-order valence-corrected chi connectivity index (χ0v) is 7.66. The summed E-state index contributed by atoms with van der Waals surface area (Å²) in [5.74, 6) is 0. The van der Waals surface area contributed by atoms with Crippen molar-refractivity contribution in [1.82, 2.24) is 4.98 Å². The predicted molar refractivity (Wildman–Crippen MR) is 47.6 cm³/mol. The van der Waals surface area contributed by atoms with Crippen molar-refractivity contribution >= 4 is 6.01 Å². The third-order valence-corrected chi connectivity index (χ3v) is 2.30. The van der Waals surface area contributed by atoms with Crippen molar-refractivity contribution in [2.24, 2.45) is 0 Å². The summed E-state index contributed by atoms with van der Waals surface area (Å²) in [7, 11) is 0. The largest absolute Gasteiger partial charge is 0.432 e. The highest BCUT2D eigenvalue weighted by atomic mass is 19.1. The van der Waals surface area contributed by atoms with Gasteiger partial charge < -0.3 is 9.32 Å². The predicted octanol–water partition coefficient (Wildman–Crippen LogP) is 1.79. The molecule has 1 fully saturated rings. The SMILES string of the molecule is CCc1coc(N2CC[C@@H](F)C2)n1. The highest BCUT2D eigenvalue weighted by molar-refractivity contribution is 5.29. The fourth-order valence-electron chi connectivity index (χ4n) is 1.50. The number of hydrogen-bond acceptors (Lipinski definition) is 3. The minimum Gasteiger partial charge on any atom is -0.432 e. The fraction of sp³-hybridized carbons (Fsp3) is 0.667. The van der Waals surface area contributed by atoms with Crippen LogP contribution in [0, 0.1) is 0 Å². The fourth-order valence-corrected chi connectivity index (χ4v) is 1.50. The van der Waals surface area contributed by atoms with Crippen molar-refractivity contribution in [3.63, 3.8) is 0 Å². The number of hydrogen-bond donors (Lipinski definition) is 0. The summed E-state index contributed by atoms with van der Waals surface area (Å²) in [5.41, 5.74) is 0.928. The molecule has 0 aromatic carbocycles. The second kappa shape index (κ2) is 3.36. The zero-order chi connectivity index (χ0) is 9.26. The summed E-state index contributed by atoms with van der Waals surface area (Å²) in [6, 6.07) is 0.567. The lowest BCUT2D eigenvalue weighted by Crippen LogP contribution is -2.20. The Labute approximate surface area is 76.6 Å². The van der Waals surface area contributed by atoms with Crippen molar-refractivity contribution in [3.05, 3.63) is 12.0 Å². The second-order valence-corrected chi connectivity index (χ2v) is 3.31. The van der Waals surface area contributed by atoms with E-state index in [0.717, 1.165) is 12.1 Å². The highest BCUT2D eigenvalue weighted by Crippen LogP contribution is 2.20. The first-order valence-electron chi connectivity index (χ1n) is 4.63. The number of alkyl halides is 1. The number of aromatic nitrogens is 1. The topological polar surface area (TPSA) is 29.3 Å². The molecule has 2 rings (SSSR count). The molecule has 1 saturated heterocycles. The number of oxazole rings is 1. The first-order valence-corrected chi connectivity index (χ1v) is 4.63. The van der Waals surface area contributed by atoms with Crippen LogP contribution in [0.3, 0.4) is 0 Å². The first kappa shape index (κ1) is 8.53. The van der Waals surface area contributed by atoms with Crippen molar-refractivity contribution < 1.29 is 8.81 Å². The first-order chi connectivity index (χ1) is 6.29. The quantitative estimate of drug-likeness (QED) is 0.701. The molecule has 4 heteroatoms. The third-order valence-electron chi connectivity index (χ3n) is 2.30. The molecule has 2 heterocycles. The summed E-state index contributed by atoms with van der Waals surface area (Å²) in [5, 5.41) is 0. The molecular weight excluding hydrogens is 171 g/mol. The summed E-state index contributed by atoms with van der Waals surface area (Å²) >= 11 is 0. The normalized spacial score (nSPS) is 22.6. The van der Waals surface area contributed by atoms with E-state index in [0.29, 0.717) is 25.5 Å². The molecule has 0 saturated carbocycles. The van der Waals surface area contributed by atoms with E-state index in [9.17, 15) is 4.39 Å². The van der Waals surface area contributed by atoms with Gasteiger partial charge in [0.05, 0.1) is 12.2 Å². The summed E-state index contributed by atoms with van der Waals surface area (Å²) < 4.78 is 18.1. The summed E-state index contributed by atoms with van der Waals surface area (Å²) in [6.45, 7) is 3.15. The molecule has 0 bridgehead atoms. The van der Waals surface area contributed by atoms with Gasteiger partial charge in [0.25, 0.3) is 6.01 Å². The zero-order valence-electron chi connectivity index (χ0n) is 7.66.